The van der Waals surface area contributed by atoms with Crippen LogP contribution < -0.4 is 0 Å². The third kappa shape index (κ3) is 2.14. The van der Waals surface area contributed by atoms with Gasteiger partial charge in [0.2, 0.25) is 0 Å². The maximum atomic E-state index is 12.6. The zero-order valence-electron chi connectivity index (χ0n) is 10.8. The van der Waals surface area contributed by atoms with E-state index in [1.165, 1.54) is 6.33 Å². The third-order valence-corrected chi connectivity index (χ3v) is 3.57. The van der Waals surface area contributed by atoms with Gasteiger partial charge in [0.25, 0.3) is 5.91 Å². The van der Waals surface area contributed by atoms with Crippen LogP contribution in [-0.2, 0) is 0 Å². The van der Waals surface area contributed by atoms with E-state index >= 15 is 0 Å². The molecule has 1 aliphatic rings. The molecule has 0 aromatic carbocycles. The van der Waals surface area contributed by atoms with E-state index in [0.717, 1.165) is 37.2 Å². The minimum Gasteiger partial charge on any atom is -0.459 e. The predicted molar refractivity (Wildman–Crippen MR) is 67.5 cm³/mol. The zero-order chi connectivity index (χ0) is 13.2. The molecule has 0 bridgehead atoms. The van der Waals surface area contributed by atoms with Crippen molar-refractivity contribution >= 4 is 5.91 Å². The zero-order valence-corrected chi connectivity index (χ0v) is 10.8. The number of hydrogen-bond donors (Lipinski definition) is 1. The molecule has 3 heterocycles. The Hall–Kier alpha value is -2.11. The van der Waals surface area contributed by atoms with Gasteiger partial charge in [-0.1, -0.05) is 0 Å². The molecule has 2 aromatic heterocycles. The van der Waals surface area contributed by atoms with Crippen molar-refractivity contribution in [3.8, 4) is 0 Å². The summed E-state index contributed by atoms with van der Waals surface area (Å²) in [5.74, 6) is 1.10. The second-order valence-corrected chi connectivity index (χ2v) is 4.81. The lowest BCUT2D eigenvalue weighted by Gasteiger charge is -2.33. The minimum atomic E-state index is -0.0661. The van der Waals surface area contributed by atoms with Gasteiger partial charge in [-0.3, -0.25) is 9.89 Å². The monoisotopic (exact) mass is 260 g/mol. The molecule has 0 saturated carbocycles. The standard InChI is InChI=1S/C13H16N4O2/c1-9-5-7-19-11(9)13(18)17-6-3-2-4-10(17)12-14-8-15-16-12/h5,7-8,10H,2-4,6H2,1H3,(H,14,15,16)/t10-/m0/s1. The Labute approximate surface area is 110 Å². The summed E-state index contributed by atoms with van der Waals surface area (Å²) in [6, 6.07) is 1.77. The van der Waals surface area contributed by atoms with Crippen LogP contribution >= 0.6 is 0 Å². The summed E-state index contributed by atoms with van der Waals surface area (Å²) in [6.07, 6.45) is 6.03. The van der Waals surface area contributed by atoms with Crippen molar-refractivity contribution in [1.29, 1.82) is 0 Å². The van der Waals surface area contributed by atoms with E-state index < -0.39 is 0 Å². The number of piperidine rings is 1. The highest BCUT2D eigenvalue weighted by molar-refractivity contribution is 5.93. The largest absolute Gasteiger partial charge is 0.459 e. The molecule has 6 nitrogen and oxygen atoms in total. The molecular formula is C13H16N4O2. The van der Waals surface area contributed by atoms with Crippen LogP contribution in [0.2, 0.25) is 0 Å². The van der Waals surface area contributed by atoms with Crippen molar-refractivity contribution in [1.82, 2.24) is 20.1 Å². The van der Waals surface area contributed by atoms with Gasteiger partial charge < -0.3 is 9.32 Å². The smallest absolute Gasteiger partial charge is 0.290 e. The number of hydrogen-bond acceptors (Lipinski definition) is 4. The SMILES string of the molecule is Cc1ccoc1C(=O)N1CCCC[C@H]1c1ncn[nH]1. The van der Waals surface area contributed by atoms with Crippen molar-refractivity contribution < 1.29 is 9.21 Å². The molecule has 1 saturated heterocycles. The Kier molecular flexibility index (Phi) is 3.06. The fraction of sp³-hybridized carbons (Fsp3) is 0.462. The molecular weight excluding hydrogens is 244 g/mol. The Bertz CT molecular complexity index is 561. The second kappa shape index (κ2) is 4.87. The Morgan fingerprint density at radius 1 is 1.53 bits per heavy atom. The number of nitrogens with one attached hydrogen (secondary N) is 1. The van der Waals surface area contributed by atoms with E-state index in [0.29, 0.717) is 5.76 Å². The van der Waals surface area contributed by atoms with Crippen LogP contribution in [-0.4, -0.2) is 32.5 Å². The van der Waals surface area contributed by atoms with Gasteiger partial charge >= 0.3 is 0 Å². The number of carbonyl (C=O) groups excluding carboxylic acids is 1. The van der Waals surface area contributed by atoms with E-state index in [4.69, 9.17) is 4.42 Å². The molecule has 0 aliphatic carbocycles. The Balaban J connectivity index is 1.89. The fourth-order valence-corrected chi connectivity index (χ4v) is 2.56. The number of aryl methyl sites for hydroxylation is 1. The highest BCUT2D eigenvalue weighted by atomic mass is 16.3. The number of aromatic nitrogens is 3. The number of furan rings is 1. The summed E-state index contributed by atoms with van der Waals surface area (Å²) < 4.78 is 5.31. The Morgan fingerprint density at radius 2 is 2.42 bits per heavy atom. The number of H-pyrrole nitrogens is 1. The number of rotatable bonds is 2. The van der Waals surface area contributed by atoms with Crippen molar-refractivity contribution in [2.24, 2.45) is 0 Å². The first-order valence-corrected chi connectivity index (χ1v) is 6.47. The molecule has 19 heavy (non-hydrogen) atoms. The molecule has 3 rings (SSSR count). The normalized spacial score (nSPS) is 19.6. The average Bonchev–Trinajstić information content (AvgIpc) is 3.09. The molecule has 6 heteroatoms. The lowest BCUT2D eigenvalue weighted by molar-refractivity contribution is 0.0567. The molecule has 1 amide bonds. The van der Waals surface area contributed by atoms with Crippen LogP contribution in [0.25, 0.3) is 0 Å². The van der Waals surface area contributed by atoms with Gasteiger partial charge in [0.15, 0.2) is 5.76 Å². The third-order valence-electron chi connectivity index (χ3n) is 3.57. The molecule has 1 aliphatic heterocycles. The molecule has 1 fully saturated rings. The second-order valence-electron chi connectivity index (χ2n) is 4.81. The number of nitrogens with zero attached hydrogens (tertiary/aromatic N) is 3. The van der Waals surface area contributed by atoms with Gasteiger partial charge in [-0.05, 0) is 32.3 Å². The lowest BCUT2D eigenvalue weighted by atomic mass is 10.0. The van der Waals surface area contributed by atoms with Gasteiger partial charge in [0.1, 0.15) is 12.2 Å². The summed E-state index contributed by atoms with van der Waals surface area (Å²) in [5.41, 5.74) is 0.867. The summed E-state index contributed by atoms with van der Waals surface area (Å²) >= 11 is 0. The van der Waals surface area contributed by atoms with Crippen LogP contribution in [0.4, 0.5) is 0 Å². The number of aromatic amines is 1. The predicted octanol–water partition coefficient (Wildman–Crippen LogP) is 2.07. The van der Waals surface area contributed by atoms with Crippen LogP contribution in [0.1, 0.15) is 47.2 Å². The minimum absolute atomic E-state index is 0.0340. The van der Waals surface area contributed by atoms with Crippen molar-refractivity contribution in [3.63, 3.8) is 0 Å². The number of likely N-dealkylation sites (tertiary alicyclic amines) is 1. The van der Waals surface area contributed by atoms with Crippen LogP contribution in [0.15, 0.2) is 23.1 Å². The summed E-state index contributed by atoms with van der Waals surface area (Å²) in [7, 11) is 0. The van der Waals surface area contributed by atoms with Crippen LogP contribution in [0.5, 0.6) is 0 Å². The van der Waals surface area contributed by atoms with Crippen molar-refractivity contribution in [3.05, 3.63) is 35.8 Å². The molecule has 2 aromatic rings. The topological polar surface area (TPSA) is 75.0 Å². The quantitative estimate of drug-likeness (QED) is 0.897. The number of amides is 1. The molecule has 0 unspecified atom stereocenters. The van der Waals surface area contributed by atoms with Crippen LogP contribution in [0, 0.1) is 6.92 Å². The van der Waals surface area contributed by atoms with E-state index in [1.807, 2.05) is 11.8 Å². The Morgan fingerprint density at radius 3 is 3.11 bits per heavy atom. The van der Waals surface area contributed by atoms with Gasteiger partial charge in [-0.15, -0.1) is 0 Å². The first kappa shape index (κ1) is 12.0. The summed E-state index contributed by atoms with van der Waals surface area (Å²) in [6.45, 7) is 2.61. The van der Waals surface area contributed by atoms with Crippen molar-refractivity contribution in [2.45, 2.75) is 32.2 Å². The van der Waals surface area contributed by atoms with E-state index in [9.17, 15) is 4.79 Å². The lowest BCUT2D eigenvalue weighted by Crippen LogP contribution is -2.39. The first-order valence-electron chi connectivity index (χ1n) is 6.47. The van der Waals surface area contributed by atoms with Gasteiger partial charge in [-0.2, -0.15) is 5.10 Å². The van der Waals surface area contributed by atoms with Gasteiger partial charge in [-0.25, -0.2) is 4.98 Å². The van der Waals surface area contributed by atoms with Crippen LogP contribution in [0.3, 0.4) is 0 Å². The van der Waals surface area contributed by atoms with Gasteiger partial charge in [0, 0.05) is 12.1 Å². The van der Waals surface area contributed by atoms with E-state index in [1.54, 1.807) is 12.3 Å². The van der Waals surface area contributed by atoms with Crippen molar-refractivity contribution in [2.75, 3.05) is 6.54 Å². The van der Waals surface area contributed by atoms with E-state index in [-0.39, 0.29) is 11.9 Å². The maximum Gasteiger partial charge on any atom is 0.290 e. The fourth-order valence-electron chi connectivity index (χ4n) is 2.56. The first-order chi connectivity index (χ1) is 9.27. The highest BCUT2D eigenvalue weighted by Crippen LogP contribution is 2.30. The van der Waals surface area contributed by atoms with E-state index in [2.05, 4.69) is 15.2 Å². The average molecular weight is 260 g/mol. The summed E-state index contributed by atoms with van der Waals surface area (Å²) in [5, 5.41) is 6.74. The molecule has 0 radical (unpaired) electrons. The van der Waals surface area contributed by atoms with Gasteiger partial charge in [0.05, 0.1) is 12.3 Å². The number of carbonyl (C=O) groups is 1. The molecule has 0 spiro atoms. The molecule has 1 atom stereocenters. The highest BCUT2D eigenvalue weighted by Gasteiger charge is 2.32. The molecule has 100 valence electrons. The maximum absolute atomic E-state index is 12.6. The summed E-state index contributed by atoms with van der Waals surface area (Å²) in [4.78, 5) is 18.6. The molecule has 1 N–H and O–H groups in total.